The molecule has 208 valence electrons. The number of hydrogen-bond donors (Lipinski definition) is 3. The number of nitrogens with one attached hydrogen (secondary N) is 3. The lowest BCUT2D eigenvalue weighted by atomic mass is 10.2. The number of carbonyl (C=O) groups excluding carboxylic acids is 1. The average Bonchev–Trinajstić information content (AvgIpc) is 3.34. The summed E-state index contributed by atoms with van der Waals surface area (Å²) in [6, 6.07) is 9.85. The number of alkyl halides is 3. The number of nitrogens with zero attached hydrogens (tertiary/aromatic N) is 4. The molecule has 5 rings (SSSR count). The molecule has 14 heteroatoms. The molecule has 0 atom stereocenters. The quantitative estimate of drug-likeness (QED) is 0.303. The molecule has 1 aromatic carbocycles. The topological polar surface area (TPSA) is 130 Å². The van der Waals surface area contributed by atoms with Gasteiger partial charge in [-0.15, -0.1) is 0 Å². The molecule has 1 saturated heterocycles. The van der Waals surface area contributed by atoms with Gasteiger partial charge in [0.15, 0.2) is 15.7 Å². The number of halogens is 3. The average molecular weight is 572 g/mol. The van der Waals surface area contributed by atoms with E-state index < -0.39 is 21.9 Å². The van der Waals surface area contributed by atoms with Crippen LogP contribution in [-0.2, 0) is 14.6 Å². The monoisotopic (exact) mass is 571 g/mol. The third kappa shape index (κ3) is 6.29. The van der Waals surface area contributed by atoms with Crippen molar-refractivity contribution in [3.8, 4) is 0 Å². The van der Waals surface area contributed by atoms with Crippen molar-refractivity contribution in [1.29, 1.82) is 0 Å². The van der Waals surface area contributed by atoms with Gasteiger partial charge in [-0.3, -0.25) is 4.79 Å². The highest BCUT2D eigenvalue weighted by Crippen LogP contribution is 2.24. The predicted molar refractivity (Wildman–Crippen MR) is 144 cm³/mol. The standard InChI is InChI=1S/C26H24F3N7O3S/c27-26(28,29)24(37)35-22-16-36-15-17(3-8-23(36)34-22)1-2-18-13-31-25(32-14-18)33-19-4-6-20(7-5-19)40(38,39)21-9-11-30-12-10-21/h1-8,13-16,21,30H,9-12H2,(H,35,37)(H,31,32,33)/b2-1+. The van der Waals surface area contributed by atoms with Gasteiger partial charge in [0.1, 0.15) is 5.65 Å². The minimum absolute atomic E-state index is 0.210. The highest BCUT2D eigenvalue weighted by Gasteiger charge is 2.39. The first kappa shape index (κ1) is 27.3. The van der Waals surface area contributed by atoms with E-state index in [-0.39, 0.29) is 11.1 Å². The summed E-state index contributed by atoms with van der Waals surface area (Å²) >= 11 is 0. The summed E-state index contributed by atoms with van der Waals surface area (Å²) in [6.45, 7) is 1.39. The fourth-order valence-electron chi connectivity index (χ4n) is 4.19. The summed E-state index contributed by atoms with van der Waals surface area (Å²) in [5.74, 6) is -1.97. The number of amides is 1. The molecule has 1 fully saturated rings. The molecular formula is C26H24F3N7O3S. The van der Waals surface area contributed by atoms with Crippen LogP contribution in [0.2, 0.25) is 0 Å². The number of aromatic nitrogens is 4. The zero-order valence-electron chi connectivity index (χ0n) is 20.9. The number of rotatable bonds is 7. The molecule has 0 aliphatic carbocycles. The highest BCUT2D eigenvalue weighted by atomic mass is 32.2. The Morgan fingerprint density at radius 1 is 0.975 bits per heavy atom. The van der Waals surface area contributed by atoms with Gasteiger partial charge >= 0.3 is 12.1 Å². The minimum atomic E-state index is -5.00. The maximum absolute atomic E-state index is 12.9. The fraction of sp³-hybridized carbons (Fsp3) is 0.231. The van der Waals surface area contributed by atoms with E-state index in [2.05, 4.69) is 25.6 Å². The third-order valence-corrected chi connectivity index (χ3v) is 8.56. The third-order valence-electron chi connectivity index (χ3n) is 6.28. The first-order valence-electron chi connectivity index (χ1n) is 12.3. The van der Waals surface area contributed by atoms with Crippen LogP contribution in [0.5, 0.6) is 0 Å². The molecule has 3 aromatic heterocycles. The molecule has 0 spiro atoms. The Labute approximate surface area is 227 Å². The SMILES string of the molecule is O=C(Nc1cn2cc(/C=C/c3cnc(Nc4ccc(S(=O)(=O)C5CCNCC5)cc4)nc3)ccc2n1)C(F)(F)F. The lowest BCUT2D eigenvalue weighted by molar-refractivity contribution is -0.167. The van der Waals surface area contributed by atoms with Gasteiger partial charge in [0, 0.05) is 29.8 Å². The number of carbonyl (C=O) groups is 1. The number of hydrogen-bond acceptors (Lipinski definition) is 8. The molecule has 10 nitrogen and oxygen atoms in total. The Kier molecular flexibility index (Phi) is 7.54. The molecule has 1 aliphatic rings. The van der Waals surface area contributed by atoms with Crippen LogP contribution in [0.15, 0.2) is 66.1 Å². The van der Waals surface area contributed by atoms with Gasteiger partial charge in [0.2, 0.25) is 5.95 Å². The number of fused-ring (bicyclic) bond motifs is 1. The van der Waals surface area contributed by atoms with E-state index in [0.29, 0.717) is 53.7 Å². The fourth-order valence-corrected chi connectivity index (χ4v) is 5.95. The smallest absolute Gasteiger partial charge is 0.324 e. The molecule has 1 aliphatic heterocycles. The van der Waals surface area contributed by atoms with E-state index in [1.54, 1.807) is 72.5 Å². The molecule has 0 unspecified atom stereocenters. The first-order chi connectivity index (χ1) is 19.1. The molecule has 1 amide bonds. The Bertz CT molecular complexity index is 1650. The van der Waals surface area contributed by atoms with Crippen LogP contribution in [0.4, 0.5) is 30.6 Å². The van der Waals surface area contributed by atoms with Crippen molar-refractivity contribution in [3.05, 3.63) is 72.3 Å². The predicted octanol–water partition coefficient (Wildman–Crippen LogP) is 4.06. The van der Waals surface area contributed by atoms with E-state index in [4.69, 9.17) is 0 Å². The summed E-state index contributed by atoms with van der Waals surface area (Å²) in [6.07, 6.45) is 5.85. The van der Waals surface area contributed by atoms with Crippen molar-refractivity contribution in [2.75, 3.05) is 23.7 Å². The number of pyridine rings is 1. The summed E-state index contributed by atoms with van der Waals surface area (Å²) in [7, 11) is -3.38. The highest BCUT2D eigenvalue weighted by molar-refractivity contribution is 7.92. The summed E-state index contributed by atoms with van der Waals surface area (Å²) < 4.78 is 64.6. The normalized spacial score (nSPS) is 15.0. The van der Waals surface area contributed by atoms with Crippen LogP contribution in [0.25, 0.3) is 17.8 Å². The Balaban J connectivity index is 1.21. The van der Waals surface area contributed by atoms with E-state index in [0.717, 1.165) is 5.56 Å². The minimum Gasteiger partial charge on any atom is -0.324 e. The van der Waals surface area contributed by atoms with Crippen LogP contribution in [0.3, 0.4) is 0 Å². The Morgan fingerprint density at radius 3 is 2.33 bits per heavy atom. The van der Waals surface area contributed by atoms with Gasteiger partial charge in [-0.05, 0) is 67.9 Å². The molecule has 0 radical (unpaired) electrons. The molecular weight excluding hydrogens is 547 g/mol. The molecule has 4 heterocycles. The number of benzene rings is 1. The van der Waals surface area contributed by atoms with E-state index >= 15 is 0 Å². The van der Waals surface area contributed by atoms with Crippen molar-refractivity contribution in [2.24, 2.45) is 0 Å². The number of anilines is 3. The van der Waals surface area contributed by atoms with E-state index in [9.17, 15) is 26.4 Å². The van der Waals surface area contributed by atoms with Gasteiger partial charge in [-0.1, -0.05) is 12.2 Å². The molecule has 0 saturated carbocycles. The van der Waals surface area contributed by atoms with Crippen LogP contribution in [0.1, 0.15) is 24.0 Å². The van der Waals surface area contributed by atoms with Crippen molar-refractivity contribution in [3.63, 3.8) is 0 Å². The summed E-state index contributed by atoms with van der Waals surface area (Å²) in [4.78, 5) is 24.0. The molecule has 3 N–H and O–H groups in total. The van der Waals surface area contributed by atoms with Crippen LogP contribution in [0, 0.1) is 0 Å². The Hall–Kier alpha value is -4.30. The number of sulfone groups is 1. The van der Waals surface area contributed by atoms with Crippen LogP contribution >= 0.6 is 0 Å². The van der Waals surface area contributed by atoms with Gasteiger partial charge in [-0.2, -0.15) is 13.2 Å². The molecule has 4 aromatic rings. The Morgan fingerprint density at radius 2 is 1.65 bits per heavy atom. The van der Waals surface area contributed by atoms with Gasteiger partial charge < -0.3 is 20.4 Å². The van der Waals surface area contributed by atoms with E-state index in [1.807, 2.05) is 0 Å². The zero-order valence-corrected chi connectivity index (χ0v) is 21.7. The number of piperidine rings is 1. The lowest BCUT2D eigenvalue weighted by Gasteiger charge is -2.22. The van der Waals surface area contributed by atoms with Gasteiger partial charge in [0.05, 0.1) is 16.3 Å². The maximum Gasteiger partial charge on any atom is 0.471 e. The molecule has 40 heavy (non-hydrogen) atoms. The second-order valence-corrected chi connectivity index (χ2v) is 11.4. The van der Waals surface area contributed by atoms with Crippen molar-refractivity contribution in [1.82, 2.24) is 24.7 Å². The van der Waals surface area contributed by atoms with Crippen LogP contribution in [-0.4, -0.2) is 58.2 Å². The zero-order chi connectivity index (χ0) is 28.3. The van der Waals surface area contributed by atoms with Gasteiger partial charge in [-0.25, -0.2) is 23.4 Å². The van der Waals surface area contributed by atoms with Crippen molar-refractivity contribution in [2.45, 2.75) is 29.2 Å². The van der Waals surface area contributed by atoms with Crippen molar-refractivity contribution < 1.29 is 26.4 Å². The number of imidazole rings is 1. The maximum atomic E-state index is 12.9. The summed E-state index contributed by atoms with van der Waals surface area (Å²) in [5, 5.41) is 7.58. The van der Waals surface area contributed by atoms with Crippen LogP contribution < -0.4 is 16.0 Å². The van der Waals surface area contributed by atoms with Crippen molar-refractivity contribution >= 4 is 51.0 Å². The second-order valence-electron chi connectivity index (χ2n) is 9.12. The lowest BCUT2D eigenvalue weighted by Crippen LogP contribution is -2.35. The second kappa shape index (κ2) is 11.1. The summed E-state index contributed by atoms with van der Waals surface area (Å²) in [5.41, 5.74) is 2.43. The molecule has 0 bridgehead atoms. The van der Waals surface area contributed by atoms with E-state index in [1.165, 1.54) is 10.6 Å². The van der Waals surface area contributed by atoms with Gasteiger partial charge in [0.25, 0.3) is 0 Å². The first-order valence-corrected chi connectivity index (χ1v) is 13.8. The largest absolute Gasteiger partial charge is 0.471 e.